The minimum atomic E-state index is -0.554. The zero-order valence-electron chi connectivity index (χ0n) is 15.1. The van der Waals surface area contributed by atoms with Crippen molar-refractivity contribution in [3.8, 4) is 11.3 Å². The van der Waals surface area contributed by atoms with Crippen LogP contribution in [0.2, 0.25) is 0 Å². The minimum Gasteiger partial charge on any atom is -0.459 e. The normalized spacial score (nSPS) is 10.7. The van der Waals surface area contributed by atoms with E-state index in [1.807, 2.05) is 0 Å². The summed E-state index contributed by atoms with van der Waals surface area (Å²) in [5.74, 6) is -1.14. The Kier molecular flexibility index (Phi) is 5.93. The van der Waals surface area contributed by atoms with Crippen molar-refractivity contribution in [1.29, 1.82) is 0 Å². The highest BCUT2D eigenvalue weighted by Gasteiger charge is 2.16. The number of Topliss-reactive ketones (excluding diaryl/α,β-unsaturated/α-hetero) is 1. The first-order chi connectivity index (χ1) is 13.4. The molecular formula is C21H17F2NO4. The SMILES string of the molecule is Cc1c(COC(=O)CCC(=O)c2ccc(F)cc2)noc1-c1ccc(F)cc1. The Labute approximate surface area is 159 Å². The van der Waals surface area contributed by atoms with E-state index in [1.165, 1.54) is 36.4 Å². The van der Waals surface area contributed by atoms with E-state index in [4.69, 9.17) is 9.26 Å². The second-order valence-corrected chi connectivity index (χ2v) is 6.18. The van der Waals surface area contributed by atoms with Crippen LogP contribution in [0.15, 0.2) is 53.1 Å². The zero-order chi connectivity index (χ0) is 20.1. The first-order valence-electron chi connectivity index (χ1n) is 8.59. The molecule has 0 saturated heterocycles. The average molecular weight is 385 g/mol. The summed E-state index contributed by atoms with van der Waals surface area (Å²) in [5, 5.41) is 3.89. The summed E-state index contributed by atoms with van der Waals surface area (Å²) < 4.78 is 36.3. The maximum atomic E-state index is 13.0. The lowest BCUT2D eigenvalue weighted by Crippen LogP contribution is -2.09. The molecule has 144 valence electrons. The Morgan fingerprint density at radius 1 is 0.964 bits per heavy atom. The number of ether oxygens (including phenoxy) is 1. The van der Waals surface area contributed by atoms with Crippen LogP contribution in [-0.2, 0) is 16.1 Å². The van der Waals surface area contributed by atoms with Crippen LogP contribution in [0.3, 0.4) is 0 Å². The molecule has 0 N–H and O–H groups in total. The predicted octanol–water partition coefficient (Wildman–Crippen LogP) is 4.63. The highest BCUT2D eigenvalue weighted by Crippen LogP contribution is 2.26. The van der Waals surface area contributed by atoms with Crippen molar-refractivity contribution in [2.45, 2.75) is 26.4 Å². The maximum Gasteiger partial charge on any atom is 0.306 e. The number of halogens is 2. The number of nitrogens with zero attached hydrogens (tertiary/aromatic N) is 1. The van der Waals surface area contributed by atoms with Crippen LogP contribution in [-0.4, -0.2) is 16.9 Å². The first-order valence-corrected chi connectivity index (χ1v) is 8.59. The molecule has 0 aliphatic carbocycles. The van der Waals surface area contributed by atoms with E-state index in [0.29, 0.717) is 28.1 Å². The van der Waals surface area contributed by atoms with Gasteiger partial charge in [0.15, 0.2) is 11.5 Å². The minimum absolute atomic E-state index is 0.0386. The molecule has 0 bridgehead atoms. The van der Waals surface area contributed by atoms with E-state index in [9.17, 15) is 18.4 Å². The van der Waals surface area contributed by atoms with Crippen molar-refractivity contribution < 1.29 is 27.6 Å². The van der Waals surface area contributed by atoms with Crippen molar-refractivity contribution in [3.05, 3.63) is 77.0 Å². The highest BCUT2D eigenvalue weighted by molar-refractivity contribution is 5.97. The zero-order valence-corrected chi connectivity index (χ0v) is 15.1. The van der Waals surface area contributed by atoms with Gasteiger partial charge in [0.25, 0.3) is 0 Å². The van der Waals surface area contributed by atoms with Crippen LogP contribution in [0, 0.1) is 18.6 Å². The average Bonchev–Trinajstić information content (AvgIpc) is 3.06. The number of carbonyl (C=O) groups is 2. The summed E-state index contributed by atoms with van der Waals surface area (Å²) >= 11 is 0. The van der Waals surface area contributed by atoms with E-state index < -0.39 is 11.8 Å². The maximum absolute atomic E-state index is 13.0. The van der Waals surface area contributed by atoms with Gasteiger partial charge in [-0.05, 0) is 55.5 Å². The number of hydrogen-bond donors (Lipinski definition) is 0. The molecule has 0 unspecified atom stereocenters. The smallest absolute Gasteiger partial charge is 0.306 e. The van der Waals surface area contributed by atoms with Gasteiger partial charge in [0.1, 0.15) is 23.9 Å². The lowest BCUT2D eigenvalue weighted by Gasteiger charge is -2.04. The van der Waals surface area contributed by atoms with Crippen LogP contribution < -0.4 is 0 Å². The molecule has 0 amide bonds. The van der Waals surface area contributed by atoms with E-state index in [1.54, 1.807) is 19.1 Å². The Morgan fingerprint density at radius 2 is 1.57 bits per heavy atom. The van der Waals surface area contributed by atoms with Crippen molar-refractivity contribution >= 4 is 11.8 Å². The van der Waals surface area contributed by atoms with E-state index in [-0.39, 0.29) is 31.0 Å². The quantitative estimate of drug-likeness (QED) is 0.438. The summed E-state index contributed by atoms with van der Waals surface area (Å²) in [4.78, 5) is 23.9. The van der Waals surface area contributed by atoms with Gasteiger partial charge in [-0.15, -0.1) is 0 Å². The lowest BCUT2D eigenvalue weighted by molar-refractivity contribution is -0.145. The molecule has 0 aliphatic rings. The van der Waals surface area contributed by atoms with Crippen molar-refractivity contribution in [2.24, 2.45) is 0 Å². The first kappa shape index (κ1) is 19.4. The molecule has 28 heavy (non-hydrogen) atoms. The third-order valence-corrected chi connectivity index (χ3v) is 4.22. The largest absolute Gasteiger partial charge is 0.459 e. The number of esters is 1. The third kappa shape index (κ3) is 4.68. The Balaban J connectivity index is 1.53. The van der Waals surface area contributed by atoms with Gasteiger partial charge in [0.05, 0.1) is 6.42 Å². The van der Waals surface area contributed by atoms with Crippen LogP contribution in [0.1, 0.15) is 34.5 Å². The van der Waals surface area contributed by atoms with Gasteiger partial charge < -0.3 is 9.26 Å². The molecule has 0 aliphatic heterocycles. The van der Waals surface area contributed by atoms with Gasteiger partial charge in [0.2, 0.25) is 0 Å². The number of rotatable bonds is 7. The molecule has 0 fully saturated rings. The number of carbonyl (C=O) groups excluding carboxylic acids is 2. The van der Waals surface area contributed by atoms with Gasteiger partial charge in [-0.1, -0.05) is 5.16 Å². The fourth-order valence-corrected chi connectivity index (χ4v) is 2.59. The molecule has 7 heteroatoms. The van der Waals surface area contributed by atoms with Crippen molar-refractivity contribution in [1.82, 2.24) is 5.16 Å². The van der Waals surface area contributed by atoms with Crippen LogP contribution in [0.4, 0.5) is 8.78 Å². The van der Waals surface area contributed by atoms with Crippen LogP contribution in [0.5, 0.6) is 0 Å². The molecule has 0 spiro atoms. The number of ketones is 1. The molecule has 2 aromatic carbocycles. The van der Waals surface area contributed by atoms with Gasteiger partial charge in [0, 0.05) is 23.1 Å². The second-order valence-electron chi connectivity index (χ2n) is 6.18. The summed E-state index contributed by atoms with van der Waals surface area (Å²) in [6.07, 6.45) is -0.138. The third-order valence-electron chi connectivity index (χ3n) is 4.22. The molecule has 3 rings (SSSR count). The Bertz CT molecular complexity index is 979. The predicted molar refractivity (Wildman–Crippen MR) is 96.4 cm³/mol. The fourth-order valence-electron chi connectivity index (χ4n) is 2.59. The lowest BCUT2D eigenvalue weighted by atomic mass is 10.1. The molecule has 1 aromatic heterocycles. The standard InChI is InChI=1S/C21H17F2NO4/c1-13-18(24-28-21(13)15-4-8-17(23)9-5-15)12-27-20(26)11-10-19(25)14-2-6-16(22)7-3-14/h2-9H,10-12H2,1H3. The van der Waals surface area contributed by atoms with E-state index in [2.05, 4.69) is 5.16 Å². The Hall–Kier alpha value is -3.35. The number of aromatic nitrogens is 1. The summed E-state index contributed by atoms with van der Waals surface area (Å²) in [6.45, 7) is 1.66. The van der Waals surface area contributed by atoms with Crippen molar-refractivity contribution in [2.75, 3.05) is 0 Å². The Morgan fingerprint density at radius 3 is 2.21 bits per heavy atom. The highest BCUT2D eigenvalue weighted by atomic mass is 19.1. The summed E-state index contributed by atoms with van der Waals surface area (Å²) in [5.41, 5.74) is 2.12. The molecule has 0 saturated carbocycles. The van der Waals surface area contributed by atoms with Gasteiger partial charge in [-0.25, -0.2) is 8.78 Å². The molecule has 5 nitrogen and oxygen atoms in total. The van der Waals surface area contributed by atoms with Gasteiger partial charge in [-0.2, -0.15) is 0 Å². The molecular weight excluding hydrogens is 368 g/mol. The monoisotopic (exact) mass is 385 g/mol. The molecule has 1 heterocycles. The molecule has 0 radical (unpaired) electrons. The van der Waals surface area contributed by atoms with Gasteiger partial charge in [-0.3, -0.25) is 9.59 Å². The second kappa shape index (κ2) is 8.56. The summed E-state index contributed by atoms with van der Waals surface area (Å²) in [7, 11) is 0. The van der Waals surface area contributed by atoms with Crippen molar-refractivity contribution in [3.63, 3.8) is 0 Å². The van der Waals surface area contributed by atoms with E-state index in [0.717, 1.165) is 0 Å². The fraction of sp³-hybridized carbons (Fsp3) is 0.190. The number of benzene rings is 2. The molecule has 0 atom stereocenters. The van der Waals surface area contributed by atoms with Crippen LogP contribution in [0.25, 0.3) is 11.3 Å². The van der Waals surface area contributed by atoms with E-state index >= 15 is 0 Å². The number of hydrogen-bond acceptors (Lipinski definition) is 5. The summed E-state index contributed by atoms with van der Waals surface area (Å²) in [6, 6.07) is 10.9. The van der Waals surface area contributed by atoms with Gasteiger partial charge >= 0.3 is 5.97 Å². The topological polar surface area (TPSA) is 69.4 Å². The van der Waals surface area contributed by atoms with Crippen LogP contribution >= 0.6 is 0 Å². The molecule has 3 aromatic rings.